The predicted octanol–water partition coefficient (Wildman–Crippen LogP) is 6.55. The van der Waals surface area contributed by atoms with Gasteiger partial charge in [0.1, 0.15) is 12.4 Å². The quantitative estimate of drug-likeness (QED) is 0.230. The summed E-state index contributed by atoms with van der Waals surface area (Å²) >= 11 is 6.80. The molecule has 4 aromatic carbocycles. The van der Waals surface area contributed by atoms with Crippen LogP contribution >= 0.6 is 24.0 Å². The fourth-order valence-electron chi connectivity index (χ4n) is 4.08. The smallest absolute Gasteiger partial charge is 0.270 e. The number of thiocarbonyl (C=S) groups is 1. The number of hydrogen-bond donors (Lipinski definition) is 0. The average Bonchev–Trinajstić information content (AvgIpc) is 3.46. The Morgan fingerprint density at radius 1 is 0.914 bits per heavy atom. The summed E-state index contributed by atoms with van der Waals surface area (Å²) in [6.45, 7) is 0.598. The molecule has 2 aliphatic rings. The van der Waals surface area contributed by atoms with Crippen LogP contribution in [-0.2, 0) is 11.4 Å². The molecule has 0 N–H and O–H groups in total. The van der Waals surface area contributed by atoms with E-state index in [1.807, 2.05) is 48.5 Å². The van der Waals surface area contributed by atoms with E-state index >= 15 is 0 Å². The summed E-state index contributed by atoms with van der Waals surface area (Å²) in [6, 6.07) is 27.6. The van der Waals surface area contributed by atoms with Gasteiger partial charge >= 0.3 is 0 Å². The Labute approximate surface area is 211 Å². The van der Waals surface area contributed by atoms with E-state index in [4.69, 9.17) is 26.4 Å². The molecule has 1 fully saturated rings. The zero-order chi connectivity index (χ0) is 23.8. The van der Waals surface area contributed by atoms with Gasteiger partial charge < -0.3 is 14.2 Å². The van der Waals surface area contributed by atoms with E-state index in [1.54, 1.807) is 12.1 Å². The number of thioether (sulfide) groups is 1. The van der Waals surface area contributed by atoms with Gasteiger partial charge in [-0.2, -0.15) is 0 Å². The molecule has 1 saturated heterocycles. The van der Waals surface area contributed by atoms with Gasteiger partial charge in [-0.05, 0) is 46.7 Å². The number of carbonyl (C=O) groups is 1. The van der Waals surface area contributed by atoms with Crippen LogP contribution < -0.4 is 19.1 Å². The van der Waals surface area contributed by atoms with Crippen molar-refractivity contribution in [3.8, 4) is 17.2 Å². The number of fused-ring (bicyclic) bond motifs is 2. The number of anilines is 1. The summed E-state index contributed by atoms with van der Waals surface area (Å²) < 4.78 is 17.5. The second-order valence-electron chi connectivity index (χ2n) is 8.06. The number of nitrogens with zero attached hydrogens (tertiary/aromatic N) is 1. The highest BCUT2D eigenvalue weighted by Gasteiger charge is 2.34. The molecule has 0 radical (unpaired) electrons. The van der Waals surface area contributed by atoms with Gasteiger partial charge in [-0.15, -0.1) is 0 Å². The summed E-state index contributed by atoms with van der Waals surface area (Å²) in [5.41, 5.74) is 2.55. The molecule has 2 heterocycles. The first-order valence-electron chi connectivity index (χ1n) is 11.0. The molecule has 0 aromatic heterocycles. The maximum atomic E-state index is 13.3. The lowest BCUT2D eigenvalue weighted by Crippen LogP contribution is -2.27. The molecule has 0 spiro atoms. The molecule has 7 heteroatoms. The average molecular weight is 498 g/mol. The van der Waals surface area contributed by atoms with Gasteiger partial charge in [-0.25, -0.2) is 0 Å². The molecule has 0 aliphatic carbocycles. The Morgan fingerprint density at radius 3 is 2.63 bits per heavy atom. The topological polar surface area (TPSA) is 48.0 Å². The van der Waals surface area contributed by atoms with Crippen LogP contribution in [0.3, 0.4) is 0 Å². The fourth-order valence-corrected chi connectivity index (χ4v) is 5.37. The van der Waals surface area contributed by atoms with Gasteiger partial charge in [-0.3, -0.25) is 9.69 Å². The molecule has 5 nitrogen and oxygen atoms in total. The highest BCUT2D eigenvalue weighted by molar-refractivity contribution is 8.27. The van der Waals surface area contributed by atoms with Crippen LogP contribution in [0.5, 0.6) is 17.2 Å². The van der Waals surface area contributed by atoms with Crippen LogP contribution in [0.1, 0.15) is 11.1 Å². The zero-order valence-electron chi connectivity index (χ0n) is 18.5. The van der Waals surface area contributed by atoms with Crippen LogP contribution in [0.4, 0.5) is 5.69 Å². The Morgan fingerprint density at radius 2 is 1.71 bits per heavy atom. The van der Waals surface area contributed by atoms with Crippen molar-refractivity contribution in [1.29, 1.82) is 0 Å². The van der Waals surface area contributed by atoms with Gasteiger partial charge in [-0.1, -0.05) is 78.6 Å². The summed E-state index contributed by atoms with van der Waals surface area (Å²) in [5, 5.41) is 2.37. The van der Waals surface area contributed by atoms with E-state index < -0.39 is 0 Å². The predicted molar refractivity (Wildman–Crippen MR) is 143 cm³/mol. The lowest BCUT2D eigenvalue weighted by Gasteiger charge is -2.15. The van der Waals surface area contributed by atoms with Crippen molar-refractivity contribution in [3.05, 3.63) is 101 Å². The monoisotopic (exact) mass is 497 g/mol. The molecular weight excluding hydrogens is 478 g/mol. The lowest BCUT2D eigenvalue weighted by atomic mass is 10.1. The van der Waals surface area contributed by atoms with Gasteiger partial charge in [0.15, 0.2) is 15.8 Å². The van der Waals surface area contributed by atoms with E-state index in [9.17, 15) is 4.79 Å². The standard InChI is InChI=1S/C28H19NO4S2/c30-27-26(35-28(34)29(27)22-11-12-24-25(15-22)33-17-32-24)14-21-7-3-4-8-23(21)31-16-18-9-10-19-5-1-2-6-20(19)13-18/h1-15H,16-17H2/b26-14-. The normalized spacial score (nSPS) is 15.9. The van der Waals surface area contributed by atoms with E-state index in [-0.39, 0.29) is 12.7 Å². The molecule has 0 unspecified atom stereocenters. The van der Waals surface area contributed by atoms with Crippen molar-refractivity contribution in [3.63, 3.8) is 0 Å². The van der Waals surface area contributed by atoms with Crippen molar-refractivity contribution >= 4 is 56.7 Å². The van der Waals surface area contributed by atoms with E-state index in [0.717, 1.165) is 11.1 Å². The number of amides is 1. The fraction of sp³-hybridized carbons (Fsp3) is 0.0714. The minimum atomic E-state index is -0.178. The maximum Gasteiger partial charge on any atom is 0.270 e. The Bertz CT molecular complexity index is 1510. The van der Waals surface area contributed by atoms with Crippen molar-refractivity contribution in [2.75, 3.05) is 11.7 Å². The first-order valence-corrected chi connectivity index (χ1v) is 12.3. The molecule has 2 aliphatic heterocycles. The minimum absolute atomic E-state index is 0.174. The number of rotatable bonds is 5. The number of benzene rings is 4. The minimum Gasteiger partial charge on any atom is -0.488 e. The van der Waals surface area contributed by atoms with E-state index in [0.29, 0.717) is 38.8 Å². The van der Waals surface area contributed by atoms with Crippen LogP contribution in [0.25, 0.3) is 16.8 Å². The van der Waals surface area contributed by atoms with Crippen molar-refractivity contribution in [2.24, 2.45) is 0 Å². The van der Waals surface area contributed by atoms with Gasteiger partial charge in [0.05, 0.1) is 10.6 Å². The van der Waals surface area contributed by atoms with Crippen molar-refractivity contribution < 1.29 is 19.0 Å². The SMILES string of the molecule is O=C1/C(=C/c2ccccc2OCc2ccc3ccccc3c2)SC(=S)N1c1ccc2c(c1)OCO2. The van der Waals surface area contributed by atoms with Crippen molar-refractivity contribution in [1.82, 2.24) is 0 Å². The third kappa shape index (κ3) is 4.24. The Kier molecular flexibility index (Phi) is 5.64. The molecule has 0 bridgehead atoms. The van der Waals surface area contributed by atoms with Gasteiger partial charge in [0, 0.05) is 11.6 Å². The molecule has 35 heavy (non-hydrogen) atoms. The Balaban J connectivity index is 1.23. The molecular formula is C28H19NO4S2. The second-order valence-corrected chi connectivity index (χ2v) is 9.74. The van der Waals surface area contributed by atoms with Crippen LogP contribution in [0, 0.1) is 0 Å². The summed E-state index contributed by atoms with van der Waals surface area (Å²) in [5.74, 6) is 1.79. The molecule has 6 rings (SSSR count). The van der Waals surface area contributed by atoms with Crippen LogP contribution in [0.2, 0.25) is 0 Å². The summed E-state index contributed by atoms with van der Waals surface area (Å²) in [7, 11) is 0. The first kappa shape index (κ1) is 21.7. The molecule has 0 atom stereocenters. The zero-order valence-corrected chi connectivity index (χ0v) is 20.1. The van der Waals surface area contributed by atoms with Gasteiger partial charge in [0.25, 0.3) is 5.91 Å². The first-order chi connectivity index (χ1) is 17.2. The highest BCUT2D eigenvalue weighted by Crippen LogP contribution is 2.41. The molecule has 0 saturated carbocycles. The molecule has 1 amide bonds. The third-order valence-corrected chi connectivity index (χ3v) is 7.12. The van der Waals surface area contributed by atoms with E-state index in [2.05, 4.69) is 30.3 Å². The maximum absolute atomic E-state index is 13.3. The number of ether oxygens (including phenoxy) is 3. The van der Waals surface area contributed by atoms with Gasteiger partial charge in [0.2, 0.25) is 6.79 Å². The second kappa shape index (κ2) is 9.09. The van der Waals surface area contributed by atoms with E-state index in [1.165, 1.54) is 27.4 Å². The van der Waals surface area contributed by atoms with Crippen molar-refractivity contribution in [2.45, 2.75) is 6.61 Å². The highest BCUT2D eigenvalue weighted by atomic mass is 32.2. The molecule has 172 valence electrons. The van der Waals surface area contributed by atoms with Crippen LogP contribution in [0.15, 0.2) is 89.8 Å². The largest absolute Gasteiger partial charge is 0.488 e. The third-order valence-electron chi connectivity index (χ3n) is 5.82. The lowest BCUT2D eigenvalue weighted by molar-refractivity contribution is -0.113. The summed E-state index contributed by atoms with van der Waals surface area (Å²) in [4.78, 5) is 15.3. The number of carbonyl (C=O) groups excluding carboxylic acids is 1. The Hall–Kier alpha value is -3.81. The molecule has 4 aromatic rings. The summed E-state index contributed by atoms with van der Waals surface area (Å²) in [6.07, 6.45) is 1.84. The number of hydrogen-bond acceptors (Lipinski definition) is 6. The number of para-hydroxylation sites is 1. The van der Waals surface area contributed by atoms with Crippen LogP contribution in [-0.4, -0.2) is 17.0 Å².